The number of nitrogens with zero attached hydrogens (tertiary/aromatic N) is 1. The first-order valence-corrected chi connectivity index (χ1v) is 7.58. The molecule has 7 heteroatoms. The van der Waals surface area contributed by atoms with Gasteiger partial charge in [-0.3, -0.25) is 14.4 Å². The molecule has 1 aliphatic carbocycles. The van der Waals surface area contributed by atoms with E-state index >= 15 is 0 Å². The number of hydrogen-bond acceptors (Lipinski definition) is 3. The molecule has 1 aromatic rings. The summed E-state index contributed by atoms with van der Waals surface area (Å²) in [6, 6.07) is 5.28. The summed E-state index contributed by atoms with van der Waals surface area (Å²) >= 11 is 0. The fourth-order valence-corrected chi connectivity index (χ4v) is 2.96. The maximum atomic E-state index is 13.9. The van der Waals surface area contributed by atoms with Crippen LogP contribution in [0.4, 0.5) is 10.1 Å². The van der Waals surface area contributed by atoms with Gasteiger partial charge in [0.15, 0.2) is 0 Å². The highest BCUT2D eigenvalue weighted by atomic mass is 19.1. The molecule has 0 radical (unpaired) electrons. The second-order valence-corrected chi connectivity index (χ2v) is 5.93. The highest BCUT2D eigenvalue weighted by molar-refractivity contribution is 6.01. The van der Waals surface area contributed by atoms with Gasteiger partial charge in [0.05, 0.1) is 17.5 Å². The summed E-state index contributed by atoms with van der Waals surface area (Å²) in [4.78, 5) is 36.7. The van der Waals surface area contributed by atoms with E-state index in [1.807, 2.05) is 0 Å². The van der Waals surface area contributed by atoms with Crippen LogP contribution in [0.5, 0.6) is 0 Å². The van der Waals surface area contributed by atoms with Crippen LogP contribution in [0.2, 0.25) is 0 Å². The summed E-state index contributed by atoms with van der Waals surface area (Å²) in [6.45, 7) is 0.396. The summed E-state index contributed by atoms with van der Waals surface area (Å²) in [5, 5.41) is 11.5. The van der Waals surface area contributed by atoms with Gasteiger partial charge in [-0.15, -0.1) is 0 Å². The number of para-hydroxylation sites is 1. The van der Waals surface area contributed by atoms with Gasteiger partial charge < -0.3 is 15.3 Å². The lowest BCUT2D eigenvalue weighted by Crippen LogP contribution is -2.53. The van der Waals surface area contributed by atoms with E-state index in [1.165, 1.54) is 17.0 Å². The van der Waals surface area contributed by atoms with Crippen molar-refractivity contribution >= 4 is 23.5 Å². The van der Waals surface area contributed by atoms with E-state index in [-0.39, 0.29) is 11.6 Å². The molecule has 1 saturated carbocycles. The second kappa shape index (κ2) is 5.98. The number of carboxylic acid groups (broad SMARTS) is 1. The zero-order chi connectivity index (χ0) is 16.6. The Kier molecular flexibility index (Phi) is 4.02. The Hall–Kier alpha value is -2.44. The number of carbonyl (C=O) groups is 3. The Bertz CT molecular complexity index is 663. The van der Waals surface area contributed by atoms with Gasteiger partial charge in [0.25, 0.3) is 0 Å². The van der Waals surface area contributed by atoms with E-state index in [0.717, 1.165) is 0 Å². The molecule has 1 aromatic carbocycles. The number of rotatable bonds is 4. The van der Waals surface area contributed by atoms with E-state index in [0.29, 0.717) is 25.8 Å². The third kappa shape index (κ3) is 3.04. The molecule has 3 rings (SSSR count). The lowest BCUT2D eigenvalue weighted by Gasteiger charge is -2.32. The van der Waals surface area contributed by atoms with E-state index in [4.69, 9.17) is 5.11 Å². The Morgan fingerprint density at radius 3 is 2.65 bits per heavy atom. The summed E-state index contributed by atoms with van der Waals surface area (Å²) in [7, 11) is 0. The average Bonchev–Trinajstić information content (AvgIpc) is 3.31. The fraction of sp³-hybridized carbons (Fsp3) is 0.438. The number of benzene rings is 1. The van der Waals surface area contributed by atoms with Crippen LogP contribution in [-0.2, 0) is 14.4 Å². The van der Waals surface area contributed by atoms with Crippen LogP contribution in [0.15, 0.2) is 24.3 Å². The molecule has 1 aliphatic heterocycles. The number of nitrogens with one attached hydrogen (secondary N) is 1. The van der Waals surface area contributed by atoms with Crippen molar-refractivity contribution in [2.75, 3.05) is 11.4 Å². The molecule has 2 N–H and O–H groups in total. The third-order valence-electron chi connectivity index (χ3n) is 4.34. The number of carboxylic acids is 1. The first kappa shape index (κ1) is 15.5. The van der Waals surface area contributed by atoms with Crippen molar-refractivity contribution in [1.82, 2.24) is 5.32 Å². The molecule has 2 amide bonds. The minimum absolute atomic E-state index is 0.200. The highest BCUT2D eigenvalue weighted by Gasteiger charge is 2.49. The van der Waals surface area contributed by atoms with Gasteiger partial charge in [0.1, 0.15) is 11.9 Å². The predicted molar refractivity (Wildman–Crippen MR) is 79.2 cm³/mol. The molecule has 2 aliphatic rings. The fourth-order valence-electron chi connectivity index (χ4n) is 2.96. The largest absolute Gasteiger partial charge is 0.481 e. The van der Waals surface area contributed by atoms with Gasteiger partial charge in [0.2, 0.25) is 11.8 Å². The number of amides is 2. The van der Waals surface area contributed by atoms with E-state index < -0.39 is 35.6 Å². The molecule has 0 bridgehead atoms. The van der Waals surface area contributed by atoms with Crippen molar-refractivity contribution in [1.29, 1.82) is 0 Å². The van der Waals surface area contributed by atoms with Crippen molar-refractivity contribution in [3.8, 4) is 0 Å². The van der Waals surface area contributed by atoms with Crippen LogP contribution in [-0.4, -0.2) is 35.5 Å². The van der Waals surface area contributed by atoms with E-state index in [9.17, 15) is 18.8 Å². The number of halogens is 1. The number of carbonyl (C=O) groups excluding carboxylic acids is 2. The number of piperidine rings is 1. The molecule has 2 fully saturated rings. The first-order chi connectivity index (χ1) is 11.0. The summed E-state index contributed by atoms with van der Waals surface area (Å²) in [5.41, 5.74) is 0.200. The van der Waals surface area contributed by atoms with Gasteiger partial charge in [-0.2, -0.15) is 0 Å². The molecule has 3 atom stereocenters. The quantitative estimate of drug-likeness (QED) is 0.871. The lowest BCUT2D eigenvalue weighted by atomic mass is 10.0. The lowest BCUT2D eigenvalue weighted by molar-refractivity contribution is -0.140. The molecular weight excluding hydrogens is 303 g/mol. The van der Waals surface area contributed by atoms with Crippen LogP contribution in [0.3, 0.4) is 0 Å². The van der Waals surface area contributed by atoms with Crippen molar-refractivity contribution < 1.29 is 23.9 Å². The van der Waals surface area contributed by atoms with Crippen LogP contribution in [0.1, 0.15) is 19.3 Å². The van der Waals surface area contributed by atoms with E-state index in [2.05, 4.69) is 5.32 Å². The molecule has 1 heterocycles. The van der Waals surface area contributed by atoms with Crippen molar-refractivity contribution in [2.24, 2.45) is 11.8 Å². The number of aliphatic carboxylic acids is 1. The Balaban J connectivity index is 1.67. The van der Waals surface area contributed by atoms with Crippen LogP contribution in [0.25, 0.3) is 0 Å². The summed E-state index contributed by atoms with van der Waals surface area (Å²) in [6.07, 6.45) is 1.41. The minimum atomic E-state index is -0.992. The minimum Gasteiger partial charge on any atom is -0.481 e. The SMILES string of the molecule is O=C(O)C1CC1C(=O)NC1CCCN(c2ccccc2F)C1=O. The smallest absolute Gasteiger partial charge is 0.307 e. The molecule has 1 saturated heterocycles. The Labute approximate surface area is 132 Å². The molecular formula is C16H17FN2O4. The molecule has 3 unspecified atom stereocenters. The molecule has 23 heavy (non-hydrogen) atoms. The topological polar surface area (TPSA) is 86.7 Å². The Morgan fingerprint density at radius 1 is 1.26 bits per heavy atom. The highest BCUT2D eigenvalue weighted by Crippen LogP contribution is 2.39. The van der Waals surface area contributed by atoms with Gasteiger partial charge in [-0.05, 0) is 31.4 Å². The van der Waals surface area contributed by atoms with Crippen molar-refractivity contribution in [3.05, 3.63) is 30.1 Å². The second-order valence-electron chi connectivity index (χ2n) is 5.93. The van der Waals surface area contributed by atoms with Gasteiger partial charge in [-0.1, -0.05) is 12.1 Å². The predicted octanol–water partition coefficient (Wildman–Crippen LogP) is 1.16. The third-order valence-corrected chi connectivity index (χ3v) is 4.34. The number of hydrogen-bond donors (Lipinski definition) is 2. The molecule has 122 valence electrons. The van der Waals surface area contributed by atoms with E-state index in [1.54, 1.807) is 12.1 Å². The maximum absolute atomic E-state index is 13.9. The van der Waals surface area contributed by atoms with Crippen molar-refractivity contribution in [3.63, 3.8) is 0 Å². The monoisotopic (exact) mass is 320 g/mol. The van der Waals surface area contributed by atoms with Crippen molar-refractivity contribution in [2.45, 2.75) is 25.3 Å². The molecule has 0 spiro atoms. The van der Waals surface area contributed by atoms with Crippen LogP contribution in [0, 0.1) is 17.7 Å². The maximum Gasteiger partial charge on any atom is 0.307 e. The van der Waals surface area contributed by atoms with Gasteiger partial charge in [0, 0.05) is 6.54 Å². The Morgan fingerprint density at radius 2 is 2.00 bits per heavy atom. The average molecular weight is 320 g/mol. The zero-order valence-electron chi connectivity index (χ0n) is 12.4. The first-order valence-electron chi connectivity index (χ1n) is 7.58. The standard InChI is InChI=1S/C16H17FN2O4/c17-11-4-1-2-6-13(11)19-7-3-5-12(15(19)21)18-14(20)9-8-10(9)16(22)23/h1-2,4,6,9-10,12H,3,5,7-8H2,(H,18,20)(H,22,23). The zero-order valence-corrected chi connectivity index (χ0v) is 12.4. The molecule has 6 nitrogen and oxygen atoms in total. The van der Waals surface area contributed by atoms with Gasteiger partial charge in [-0.25, -0.2) is 4.39 Å². The summed E-state index contributed by atoms with van der Waals surface area (Å²) in [5.74, 6) is -3.47. The summed E-state index contributed by atoms with van der Waals surface area (Å²) < 4.78 is 13.9. The molecule has 0 aromatic heterocycles. The number of anilines is 1. The van der Waals surface area contributed by atoms with Crippen LogP contribution >= 0.6 is 0 Å². The van der Waals surface area contributed by atoms with Crippen LogP contribution < -0.4 is 10.2 Å². The van der Waals surface area contributed by atoms with Gasteiger partial charge >= 0.3 is 5.97 Å². The normalized spacial score (nSPS) is 26.7.